The van der Waals surface area contributed by atoms with Gasteiger partial charge in [0.05, 0.1) is 0 Å². The average molecular weight is 251 g/mol. The van der Waals surface area contributed by atoms with Crippen molar-refractivity contribution < 1.29 is 15.0 Å². The van der Waals surface area contributed by atoms with E-state index in [1.807, 2.05) is 0 Å². The average Bonchev–Trinajstić information content (AvgIpc) is 2.37. The lowest BCUT2D eigenvalue weighted by molar-refractivity contribution is -0.115. The van der Waals surface area contributed by atoms with Crippen molar-refractivity contribution in [1.29, 1.82) is 0 Å². The number of rotatable bonds is 6. The molecule has 4 heteroatoms. The number of amides is 1. The summed E-state index contributed by atoms with van der Waals surface area (Å²) in [7, 11) is 0. The van der Waals surface area contributed by atoms with Crippen LogP contribution in [-0.4, -0.2) is 16.1 Å². The second kappa shape index (κ2) is 6.89. The molecule has 1 aromatic carbocycles. The summed E-state index contributed by atoms with van der Waals surface area (Å²) in [5.74, 6) is -0.368. The lowest BCUT2D eigenvalue weighted by atomic mass is 10.0. The highest BCUT2D eigenvalue weighted by Crippen LogP contribution is 2.35. The molecule has 0 unspecified atom stereocenters. The zero-order valence-corrected chi connectivity index (χ0v) is 11.0. The molecule has 0 aliphatic rings. The van der Waals surface area contributed by atoms with Crippen LogP contribution in [0.2, 0.25) is 0 Å². The van der Waals surface area contributed by atoms with E-state index in [9.17, 15) is 15.0 Å². The molecule has 0 radical (unpaired) electrons. The fourth-order valence-electron chi connectivity index (χ4n) is 1.78. The number of hydrogen-bond acceptors (Lipinski definition) is 3. The van der Waals surface area contributed by atoms with Gasteiger partial charge < -0.3 is 15.5 Å². The topological polar surface area (TPSA) is 69.6 Å². The second-order valence-electron chi connectivity index (χ2n) is 4.32. The molecule has 0 saturated carbocycles. The molecule has 1 amide bonds. The molecule has 0 aliphatic heterocycles. The SMILES string of the molecule is CCCCCc1c(NC(=O)CC)ccc(O)c1O. The van der Waals surface area contributed by atoms with E-state index in [1.165, 1.54) is 6.07 Å². The third-order valence-corrected chi connectivity index (χ3v) is 2.89. The zero-order chi connectivity index (χ0) is 13.5. The predicted octanol–water partition coefficient (Wildman–Crippen LogP) is 3.18. The van der Waals surface area contributed by atoms with Crippen LogP contribution < -0.4 is 5.32 Å². The highest BCUT2D eigenvalue weighted by Gasteiger charge is 2.13. The Morgan fingerprint density at radius 2 is 1.94 bits per heavy atom. The van der Waals surface area contributed by atoms with Crippen molar-refractivity contribution in [1.82, 2.24) is 0 Å². The number of unbranched alkanes of at least 4 members (excludes halogenated alkanes) is 2. The number of carbonyl (C=O) groups excluding carboxylic acids is 1. The Morgan fingerprint density at radius 3 is 2.56 bits per heavy atom. The van der Waals surface area contributed by atoms with Crippen LogP contribution in [0.4, 0.5) is 5.69 Å². The summed E-state index contributed by atoms with van der Waals surface area (Å²) in [4.78, 5) is 11.4. The van der Waals surface area contributed by atoms with Crippen LogP contribution >= 0.6 is 0 Å². The van der Waals surface area contributed by atoms with Crippen LogP contribution in [0.25, 0.3) is 0 Å². The normalized spacial score (nSPS) is 10.3. The van der Waals surface area contributed by atoms with E-state index in [0.29, 0.717) is 24.1 Å². The maximum atomic E-state index is 11.4. The van der Waals surface area contributed by atoms with Crippen molar-refractivity contribution in [2.75, 3.05) is 5.32 Å². The first-order chi connectivity index (χ1) is 8.60. The summed E-state index contributed by atoms with van der Waals surface area (Å²) >= 11 is 0. The Hall–Kier alpha value is -1.71. The van der Waals surface area contributed by atoms with Crippen LogP contribution in [0.1, 0.15) is 45.1 Å². The van der Waals surface area contributed by atoms with Gasteiger partial charge in [-0.3, -0.25) is 4.79 Å². The minimum Gasteiger partial charge on any atom is -0.504 e. The molecule has 0 saturated heterocycles. The van der Waals surface area contributed by atoms with Crippen LogP contribution in [0.5, 0.6) is 11.5 Å². The van der Waals surface area contributed by atoms with Gasteiger partial charge in [0.2, 0.25) is 5.91 Å². The first-order valence-corrected chi connectivity index (χ1v) is 6.43. The summed E-state index contributed by atoms with van der Waals surface area (Å²) in [6.07, 6.45) is 4.08. The monoisotopic (exact) mass is 251 g/mol. The number of hydrogen-bond donors (Lipinski definition) is 3. The van der Waals surface area contributed by atoms with E-state index in [0.717, 1.165) is 19.3 Å². The molecule has 3 N–H and O–H groups in total. The number of aromatic hydroxyl groups is 2. The van der Waals surface area contributed by atoms with Crippen LogP contribution in [-0.2, 0) is 11.2 Å². The number of anilines is 1. The zero-order valence-electron chi connectivity index (χ0n) is 11.0. The number of carbonyl (C=O) groups is 1. The van der Waals surface area contributed by atoms with Gasteiger partial charge in [-0.25, -0.2) is 0 Å². The Labute approximate surface area is 108 Å². The first-order valence-electron chi connectivity index (χ1n) is 6.43. The molecule has 0 bridgehead atoms. The van der Waals surface area contributed by atoms with Crippen molar-refractivity contribution in [3.8, 4) is 11.5 Å². The second-order valence-corrected chi connectivity index (χ2v) is 4.32. The van der Waals surface area contributed by atoms with Gasteiger partial charge in [0, 0.05) is 17.7 Å². The molecule has 0 aromatic heterocycles. The van der Waals surface area contributed by atoms with Gasteiger partial charge in [-0.15, -0.1) is 0 Å². The number of nitrogens with one attached hydrogen (secondary N) is 1. The Balaban J connectivity index is 2.93. The van der Waals surface area contributed by atoms with Gasteiger partial charge >= 0.3 is 0 Å². The standard InChI is InChI=1S/C14H21NO3/c1-3-5-6-7-10-11(15-13(17)4-2)8-9-12(16)14(10)18/h8-9,16,18H,3-7H2,1-2H3,(H,15,17). The molecule has 0 fully saturated rings. The van der Waals surface area contributed by atoms with Crippen molar-refractivity contribution in [3.63, 3.8) is 0 Å². The lowest BCUT2D eigenvalue weighted by Crippen LogP contribution is -2.11. The van der Waals surface area contributed by atoms with Crippen LogP contribution in [0.3, 0.4) is 0 Å². The summed E-state index contributed by atoms with van der Waals surface area (Å²) in [6, 6.07) is 3.02. The third-order valence-electron chi connectivity index (χ3n) is 2.89. The molecule has 1 aromatic rings. The van der Waals surface area contributed by atoms with Gasteiger partial charge in [0.1, 0.15) is 0 Å². The van der Waals surface area contributed by atoms with E-state index < -0.39 is 0 Å². The lowest BCUT2D eigenvalue weighted by Gasteiger charge is -2.13. The quantitative estimate of drug-likeness (QED) is 0.413. The van der Waals surface area contributed by atoms with Crippen LogP contribution in [0, 0.1) is 0 Å². The van der Waals surface area contributed by atoms with E-state index in [4.69, 9.17) is 0 Å². The van der Waals surface area contributed by atoms with E-state index in [2.05, 4.69) is 12.2 Å². The van der Waals surface area contributed by atoms with E-state index >= 15 is 0 Å². The maximum Gasteiger partial charge on any atom is 0.224 e. The highest BCUT2D eigenvalue weighted by atomic mass is 16.3. The Kier molecular flexibility index (Phi) is 5.49. The van der Waals surface area contributed by atoms with Gasteiger partial charge in [-0.1, -0.05) is 26.7 Å². The van der Waals surface area contributed by atoms with Crippen molar-refractivity contribution in [3.05, 3.63) is 17.7 Å². The van der Waals surface area contributed by atoms with Gasteiger partial charge in [-0.05, 0) is 25.0 Å². The summed E-state index contributed by atoms with van der Waals surface area (Å²) in [6.45, 7) is 3.87. The first kappa shape index (κ1) is 14.4. The van der Waals surface area contributed by atoms with Gasteiger partial charge in [-0.2, -0.15) is 0 Å². The minimum absolute atomic E-state index is 0.100. The molecule has 18 heavy (non-hydrogen) atoms. The maximum absolute atomic E-state index is 11.4. The van der Waals surface area contributed by atoms with Crippen molar-refractivity contribution in [2.45, 2.75) is 46.0 Å². The Bertz CT molecular complexity index is 416. The Morgan fingerprint density at radius 1 is 1.22 bits per heavy atom. The molecular weight excluding hydrogens is 230 g/mol. The molecule has 0 spiro atoms. The highest BCUT2D eigenvalue weighted by molar-refractivity contribution is 5.91. The van der Waals surface area contributed by atoms with Gasteiger partial charge in [0.25, 0.3) is 0 Å². The summed E-state index contributed by atoms with van der Waals surface area (Å²) in [5, 5.41) is 22.1. The number of phenolic OH excluding ortho intramolecular Hbond substituents is 2. The smallest absolute Gasteiger partial charge is 0.224 e. The van der Waals surface area contributed by atoms with Crippen molar-refractivity contribution in [2.24, 2.45) is 0 Å². The molecule has 0 aliphatic carbocycles. The largest absolute Gasteiger partial charge is 0.504 e. The number of benzene rings is 1. The van der Waals surface area contributed by atoms with E-state index in [1.54, 1.807) is 13.0 Å². The van der Waals surface area contributed by atoms with E-state index in [-0.39, 0.29) is 17.4 Å². The predicted molar refractivity (Wildman–Crippen MR) is 71.9 cm³/mol. The molecule has 4 nitrogen and oxygen atoms in total. The summed E-state index contributed by atoms with van der Waals surface area (Å²) < 4.78 is 0. The molecule has 1 rings (SSSR count). The molecular formula is C14H21NO3. The molecule has 100 valence electrons. The summed E-state index contributed by atoms with van der Waals surface area (Å²) in [5.41, 5.74) is 1.21. The minimum atomic E-state index is -0.143. The molecule has 0 atom stereocenters. The fourth-order valence-corrected chi connectivity index (χ4v) is 1.78. The third kappa shape index (κ3) is 3.65. The van der Waals surface area contributed by atoms with Gasteiger partial charge in [0.15, 0.2) is 11.5 Å². The molecule has 0 heterocycles. The number of phenols is 2. The fraction of sp³-hybridized carbons (Fsp3) is 0.500. The van der Waals surface area contributed by atoms with Crippen LogP contribution in [0.15, 0.2) is 12.1 Å². The van der Waals surface area contributed by atoms with Crippen molar-refractivity contribution >= 4 is 11.6 Å².